The van der Waals surface area contributed by atoms with Gasteiger partial charge in [-0.3, -0.25) is 0 Å². The molecular weight excluding hydrogens is 1420 g/mol. The van der Waals surface area contributed by atoms with Crippen molar-refractivity contribution < 1.29 is 65.3 Å². The van der Waals surface area contributed by atoms with Crippen molar-refractivity contribution in [2.24, 2.45) is 0 Å². The van der Waals surface area contributed by atoms with E-state index in [0.29, 0.717) is 46.0 Å². The minimum absolute atomic E-state index is 0. The Hall–Kier alpha value is -4.34. The normalized spacial score (nSPS) is 16.1. The van der Waals surface area contributed by atoms with Gasteiger partial charge >= 0.3 is 20.4 Å². The molecule has 0 spiro atoms. The van der Waals surface area contributed by atoms with Crippen molar-refractivity contribution in [1.29, 1.82) is 0 Å². The van der Waals surface area contributed by atoms with Gasteiger partial charge in [-0.25, -0.2) is 16.8 Å². The zero-order valence-corrected chi connectivity index (χ0v) is 67.6. The van der Waals surface area contributed by atoms with E-state index in [9.17, 15) is 25.9 Å². The molecule has 0 unspecified atom stereocenters. The van der Waals surface area contributed by atoms with Crippen molar-refractivity contribution in [3.63, 3.8) is 0 Å². The van der Waals surface area contributed by atoms with Gasteiger partial charge in [-0.1, -0.05) is 231 Å². The van der Waals surface area contributed by atoms with E-state index in [1.807, 2.05) is 37.4 Å². The Bertz CT molecular complexity index is 3530. The zero-order valence-electron chi connectivity index (χ0n) is 62.6. The first-order valence-corrected chi connectivity index (χ1v) is 42.7. The number of rotatable bonds is 22. The molecule has 10 rings (SSSR count). The van der Waals surface area contributed by atoms with Gasteiger partial charge in [0, 0.05) is 40.9 Å². The summed E-state index contributed by atoms with van der Waals surface area (Å²) < 4.78 is 101. The summed E-state index contributed by atoms with van der Waals surface area (Å²) in [6.45, 7) is 26.8. The molecule has 0 bridgehead atoms. The van der Waals surface area contributed by atoms with Crippen LogP contribution < -0.4 is 34.9 Å². The van der Waals surface area contributed by atoms with Crippen molar-refractivity contribution >= 4 is 52.4 Å². The average Bonchev–Trinajstić information content (AvgIpc) is 0.735. The summed E-state index contributed by atoms with van der Waals surface area (Å²) in [5.74, 6) is 3.16. The van der Waals surface area contributed by atoms with Gasteiger partial charge in [0.1, 0.15) is 53.0 Å². The Labute approximate surface area is 621 Å². The van der Waals surface area contributed by atoms with Crippen molar-refractivity contribution in [3.05, 3.63) is 124 Å². The van der Waals surface area contributed by atoms with Crippen LogP contribution in [0.4, 0.5) is 5.69 Å². The van der Waals surface area contributed by atoms with Crippen LogP contribution in [0.3, 0.4) is 0 Å². The number of hydrogen-bond donors (Lipinski definition) is 1. The van der Waals surface area contributed by atoms with E-state index >= 15 is 0 Å². The summed E-state index contributed by atoms with van der Waals surface area (Å²) >= 11 is 0. The van der Waals surface area contributed by atoms with Gasteiger partial charge in [0.25, 0.3) is 0 Å². The summed E-state index contributed by atoms with van der Waals surface area (Å²) in [4.78, 5) is -0.563. The fourth-order valence-corrected chi connectivity index (χ4v) is 25.7. The van der Waals surface area contributed by atoms with E-state index in [2.05, 4.69) is 137 Å². The maximum absolute atomic E-state index is 12.8. The quantitative estimate of drug-likeness (QED) is 0.0298. The Morgan fingerprint density at radius 3 is 0.990 bits per heavy atom. The molecule has 4 fully saturated rings. The van der Waals surface area contributed by atoms with Gasteiger partial charge in [0.15, 0.2) is 0 Å². The maximum Gasteiger partial charge on any atom is 2.00 e. The fourth-order valence-electron chi connectivity index (χ4n) is 16.0. The molecule has 16 heteroatoms. The Morgan fingerprint density at radius 1 is 0.430 bits per heavy atom. The van der Waals surface area contributed by atoms with Crippen molar-refractivity contribution in [2.45, 2.75) is 287 Å². The summed E-state index contributed by atoms with van der Waals surface area (Å²) in [6.07, 6.45) is 23.7. The van der Waals surface area contributed by atoms with Crippen LogP contribution in [-0.2, 0) is 40.7 Å². The number of hydrogen-bond acceptors (Lipinski definition) is 11. The summed E-state index contributed by atoms with van der Waals surface area (Å²) in [7, 11) is -3.09. The fraction of sp³-hybridized carbons (Fsp3) is 0.571. The van der Waals surface area contributed by atoms with E-state index < -0.39 is 36.1 Å². The number of ether oxygens (including phenoxy) is 4. The third-order valence-corrected chi connectivity index (χ3v) is 29.9. The van der Waals surface area contributed by atoms with Gasteiger partial charge in [-0.05, 0) is 166 Å². The van der Waals surface area contributed by atoms with E-state index in [1.54, 1.807) is 14.2 Å². The number of nitrogens with one attached hydrogen (secondary N) is 1. The standard InChI is InChI=1S/2C35H53O5PS.C13H12N.CH4.Pd/c2*1-22(2)25-19-28(23(3)4)32(29(20-25)24(5)6)33-30(39-7)21-31(42(36,37)38)34(40-8)35(33)41(26-15-11-9-12-16-26)27-17-13-10-14-18-27;1-14-13-10-6-5-9-12(13)11-7-3-2-4-8-11;;/h2*19-24,26-27H,9-18H2,1-8H3,(H,36,37,38);2-7,9-10,14H,1H3;1H4;/q;;-1;;+2/p-2. The van der Waals surface area contributed by atoms with Crippen LogP contribution >= 0.6 is 15.8 Å². The predicted octanol–water partition coefficient (Wildman–Crippen LogP) is 22.7. The van der Waals surface area contributed by atoms with Crippen LogP contribution in [0.1, 0.15) is 288 Å². The third kappa shape index (κ3) is 20.0. The molecule has 0 aliphatic heterocycles. The zero-order chi connectivity index (χ0) is 71.3. The minimum Gasteiger partial charge on any atom is -0.744 e. The minimum atomic E-state index is -4.81. The first-order valence-electron chi connectivity index (χ1n) is 36.9. The molecular formula is C84H120NO10P2PdS2-. The molecule has 0 heterocycles. The second-order valence-corrected chi connectivity index (χ2v) is 37.8. The first kappa shape index (κ1) is 84.6. The molecule has 4 aliphatic carbocycles. The second kappa shape index (κ2) is 38.6. The smallest absolute Gasteiger partial charge is 0.744 e. The van der Waals surface area contributed by atoms with E-state index in [0.717, 1.165) is 95.5 Å². The van der Waals surface area contributed by atoms with Crippen LogP contribution in [0.2, 0.25) is 0 Å². The van der Waals surface area contributed by atoms with E-state index in [1.165, 1.54) is 142 Å². The molecule has 0 aromatic heterocycles. The van der Waals surface area contributed by atoms with E-state index in [-0.39, 0.29) is 72.8 Å². The van der Waals surface area contributed by atoms with Crippen LogP contribution in [0.5, 0.6) is 23.0 Å². The summed E-state index contributed by atoms with van der Waals surface area (Å²) in [5, 5.41) is 5.09. The number of anilines is 1. The first-order chi connectivity index (χ1) is 46.7. The van der Waals surface area contributed by atoms with Gasteiger partial charge < -0.3 is 33.4 Å². The molecule has 554 valence electrons. The molecule has 11 nitrogen and oxygen atoms in total. The predicted molar refractivity (Wildman–Crippen MR) is 418 cm³/mol. The number of para-hydroxylation sites is 1. The second-order valence-electron chi connectivity index (χ2n) is 29.7. The van der Waals surface area contributed by atoms with Gasteiger partial charge in [-0.15, -0.1) is 35.9 Å². The Morgan fingerprint density at radius 2 is 0.740 bits per heavy atom. The van der Waals surface area contributed by atoms with Crippen molar-refractivity contribution in [2.75, 3.05) is 40.8 Å². The number of benzene rings is 6. The molecule has 100 heavy (non-hydrogen) atoms. The van der Waals surface area contributed by atoms with Crippen LogP contribution in [0, 0.1) is 6.07 Å². The molecule has 0 atom stereocenters. The van der Waals surface area contributed by atoms with Crippen LogP contribution in [-0.4, -0.2) is 84.1 Å². The maximum atomic E-state index is 12.8. The van der Waals surface area contributed by atoms with E-state index in [4.69, 9.17) is 18.9 Å². The topological polar surface area (TPSA) is 163 Å². The molecule has 0 saturated heterocycles. The number of methoxy groups -OCH3 is 4. The molecule has 4 aliphatic rings. The molecule has 0 amide bonds. The SMILES string of the molecule is C.CNc1ccccc1-c1[c-]cccc1.COc1cc(S(=O)(=O)[O-])c(OC)c(P(C2CCCCC2)C2CCCCC2)c1-c1c(C(C)C)cc(C(C)C)cc1C(C)C.COc1cc(S(=O)(=O)[O-])c(OC)c(P(C2CCCCC2)C2CCCCC2)c1-c1c(C(C)C)cc(C(C)C)cc1C(C)C.[Pd+2]. The molecule has 1 N–H and O–H groups in total. The largest absolute Gasteiger partial charge is 2.00 e. The van der Waals surface area contributed by atoms with Crippen molar-refractivity contribution in [1.82, 2.24) is 0 Å². The summed E-state index contributed by atoms with van der Waals surface area (Å²) in [6, 6.07) is 31.7. The molecule has 0 radical (unpaired) electrons. The van der Waals surface area contributed by atoms with Gasteiger partial charge in [0.2, 0.25) is 0 Å². The molecule has 6 aromatic carbocycles. The third-order valence-electron chi connectivity index (χ3n) is 21.1. The Kier molecular flexibility index (Phi) is 32.7. The molecule has 6 aromatic rings. The van der Waals surface area contributed by atoms with Crippen LogP contribution in [0.15, 0.2) is 94.7 Å². The van der Waals surface area contributed by atoms with Crippen LogP contribution in [0.25, 0.3) is 33.4 Å². The van der Waals surface area contributed by atoms with Gasteiger partial charge in [-0.2, -0.15) is 0 Å². The van der Waals surface area contributed by atoms with Crippen molar-refractivity contribution in [3.8, 4) is 56.4 Å². The van der Waals surface area contributed by atoms with Gasteiger partial charge in [0.05, 0.1) is 28.4 Å². The average molecular weight is 1540 g/mol. The molecule has 4 saturated carbocycles. The Balaban J connectivity index is 0.000000259. The monoisotopic (exact) mass is 1530 g/mol. The summed E-state index contributed by atoms with van der Waals surface area (Å²) in [5.41, 5.74) is 17.1.